The number of carboxylic acid groups (broad SMARTS) is 1. The zero-order valence-corrected chi connectivity index (χ0v) is 22.3. The van der Waals surface area contributed by atoms with Crippen LogP contribution in [0.4, 0.5) is 0 Å². The number of aromatic nitrogens is 3. The Morgan fingerprint density at radius 1 is 0.775 bits per heavy atom. The Balaban J connectivity index is 1.93. The molecule has 1 aromatic heterocycles. The van der Waals surface area contributed by atoms with Gasteiger partial charge in [-0.05, 0) is 36.2 Å². The number of carboxylic acids is 1. The lowest BCUT2D eigenvalue weighted by Crippen LogP contribution is -2.60. The highest BCUT2D eigenvalue weighted by molar-refractivity contribution is 5.96. The molecule has 0 aliphatic heterocycles. The molecule has 0 saturated heterocycles. The summed E-state index contributed by atoms with van der Waals surface area (Å²) in [5.41, 5.74) is -0.664. The molecule has 2 N–H and O–H groups in total. The second-order valence-corrected chi connectivity index (χ2v) is 8.55. The maximum atomic E-state index is 13.9. The van der Waals surface area contributed by atoms with E-state index in [0.29, 0.717) is 22.6 Å². The van der Waals surface area contributed by atoms with Crippen LogP contribution in [0.25, 0.3) is 0 Å². The molecule has 0 aliphatic carbocycles. The van der Waals surface area contributed by atoms with E-state index in [4.69, 9.17) is 18.9 Å². The summed E-state index contributed by atoms with van der Waals surface area (Å²) in [4.78, 5) is 39.2. The van der Waals surface area contributed by atoms with Gasteiger partial charge >= 0.3 is 18.0 Å². The van der Waals surface area contributed by atoms with Crippen LogP contribution in [0, 0.1) is 6.92 Å². The van der Waals surface area contributed by atoms with Crippen molar-refractivity contribution in [1.82, 2.24) is 20.3 Å². The minimum Gasteiger partial charge on any atom is -0.493 e. The quantitative estimate of drug-likeness (QED) is 0.288. The van der Waals surface area contributed by atoms with Crippen molar-refractivity contribution in [1.29, 1.82) is 0 Å². The van der Waals surface area contributed by atoms with Gasteiger partial charge in [-0.3, -0.25) is 4.79 Å². The van der Waals surface area contributed by atoms with Gasteiger partial charge in [-0.25, -0.2) is 4.79 Å². The number of hydrogen-bond donors (Lipinski definition) is 2. The van der Waals surface area contributed by atoms with E-state index in [1.54, 1.807) is 79.7 Å². The van der Waals surface area contributed by atoms with E-state index < -0.39 is 23.5 Å². The maximum absolute atomic E-state index is 13.9. The van der Waals surface area contributed by atoms with Crippen molar-refractivity contribution >= 4 is 11.9 Å². The predicted molar refractivity (Wildman–Crippen MR) is 144 cm³/mol. The number of carbonyl (C=O) groups is 2. The Morgan fingerprint density at radius 3 is 1.88 bits per heavy atom. The molecule has 1 heterocycles. The van der Waals surface area contributed by atoms with Crippen LogP contribution in [0.5, 0.6) is 23.5 Å². The minimum absolute atomic E-state index is 0.0500. The second-order valence-electron chi connectivity index (χ2n) is 8.55. The first-order chi connectivity index (χ1) is 19.3. The third kappa shape index (κ3) is 5.63. The molecule has 0 bridgehead atoms. The molecule has 1 unspecified atom stereocenters. The second kappa shape index (κ2) is 12.1. The lowest BCUT2D eigenvalue weighted by atomic mass is 9.77. The molecule has 0 fully saturated rings. The molecule has 4 rings (SSSR count). The van der Waals surface area contributed by atoms with Crippen molar-refractivity contribution in [2.45, 2.75) is 18.6 Å². The molecule has 1 amide bonds. The summed E-state index contributed by atoms with van der Waals surface area (Å²) in [5.74, 6) is -0.947. The van der Waals surface area contributed by atoms with Gasteiger partial charge < -0.3 is 29.4 Å². The fraction of sp³-hybridized carbons (Fsp3) is 0.207. The average molecular weight is 545 g/mol. The average Bonchev–Trinajstić information content (AvgIpc) is 2.98. The number of ether oxygens (including phenoxy) is 4. The smallest absolute Gasteiger partial charge is 0.348 e. The highest BCUT2D eigenvalue weighted by Gasteiger charge is 2.50. The molecule has 206 valence electrons. The molecule has 0 aliphatic rings. The van der Waals surface area contributed by atoms with Gasteiger partial charge in [0.15, 0.2) is 11.5 Å². The number of nitrogens with one attached hydrogen (secondary N) is 1. The lowest BCUT2D eigenvalue weighted by Gasteiger charge is -2.39. The first kappa shape index (κ1) is 27.8. The topological polar surface area (TPSA) is 142 Å². The number of amides is 1. The third-order valence-corrected chi connectivity index (χ3v) is 6.14. The van der Waals surface area contributed by atoms with Crippen molar-refractivity contribution in [3.63, 3.8) is 0 Å². The largest absolute Gasteiger partial charge is 0.493 e. The van der Waals surface area contributed by atoms with Gasteiger partial charge in [-0.15, -0.1) is 4.98 Å². The number of carbonyl (C=O) groups excluding carboxylic acids is 1. The van der Waals surface area contributed by atoms with Crippen LogP contribution in [0.3, 0.4) is 0 Å². The van der Waals surface area contributed by atoms with E-state index in [-0.39, 0.29) is 23.4 Å². The number of aliphatic carboxylic acids is 1. The Bertz CT molecular complexity index is 1440. The summed E-state index contributed by atoms with van der Waals surface area (Å²) in [6.07, 6.45) is -1.74. The molecule has 4 aromatic rings. The molecule has 0 saturated carbocycles. The molecule has 11 nitrogen and oxygen atoms in total. The van der Waals surface area contributed by atoms with Gasteiger partial charge in [0.1, 0.15) is 11.4 Å². The van der Waals surface area contributed by atoms with Crippen LogP contribution in [0.15, 0.2) is 78.9 Å². The highest BCUT2D eigenvalue weighted by Crippen LogP contribution is 2.37. The fourth-order valence-electron chi connectivity index (χ4n) is 4.32. The Kier molecular flexibility index (Phi) is 8.43. The van der Waals surface area contributed by atoms with Crippen LogP contribution < -0.4 is 24.3 Å². The standard InChI is InChI=1S/C29H28N4O7/c1-18-30-27(39-4)32-28(31-18)40-24(26(35)36)29(20-11-7-5-8-12-20,21-13-9-6-10-14-21)33-25(34)19-15-16-22(37-2)23(17-19)38-3/h5-17,24H,1-4H3,(H,33,34)(H,35,36). The third-order valence-electron chi connectivity index (χ3n) is 6.14. The Hall–Kier alpha value is -5.19. The van der Waals surface area contributed by atoms with Crippen LogP contribution in [-0.4, -0.2) is 59.4 Å². The van der Waals surface area contributed by atoms with E-state index >= 15 is 0 Å². The number of benzene rings is 3. The predicted octanol–water partition coefficient (Wildman–Crippen LogP) is 3.41. The summed E-state index contributed by atoms with van der Waals surface area (Å²) in [5, 5.41) is 13.6. The van der Waals surface area contributed by atoms with E-state index in [2.05, 4.69) is 20.3 Å². The van der Waals surface area contributed by atoms with Crippen LogP contribution in [0.1, 0.15) is 27.3 Å². The summed E-state index contributed by atoms with van der Waals surface area (Å²) in [6.45, 7) is 1.59. The summed E-state index contributed by atoms with van der Waals surface area (Å²) >= 11 is 0. The normalized spacial score (nSPS) is 11.7. The Morgan fingerprint density at radius 2 is 1.35 bits per heavy atom. The molecule has 0 spiro atoms. The van der Waals surface area contributed by atoms with Crippen molar-refractivity contribution in [2.24, 2.45) is 0 Å². The summed E-state index contributed by atoms with van der Waals surface area (Å²) in [6, 6.07) is 21.7. The molecule has 1 atom stereocenters. The van der Waals surface area contributed by atoms with Gasteiger partial charge in [0.2, 0.25) is 6.10 Å². The SMILES string of the molecule is COc1nc(C)nc(OC(C(=O)O)C(NC(=O)c2ccc(OC)c(OC)c2)(c2ccccc2)c2ccccc2)n1. The lowest BCUT2D eigenvalue weighted by molar-refractivity contribution is -0.148. The first-order valence-corrected chi connectivity index (χ1v) is 12.1. The van der Waals surface area contributed by atoms with Gasteiger partial charge in [0.25, 0.3) is 5.91 Å². The van der Waals surface area contributed by atoms with Crippen LogP contribution >= 0.6 is 0 Å². The molecule has 40 heavy (non-hydrogen) atoms. The monoisotopic (exact) mass is 544 g/mol. The number of rotatable bonds is 11. The number of hydrogen-bond acceptors (Lipinski definition) is 9. The number of aryl methyl sites for hydroxylation is 1. The molecule has 3 aromatic carbocycles. The molecule has 11 heteroatoms. The zero-order valence-electron chi connectivity index (χ0n) is 22.3. The highest BCUT2D eigenvalue weighted by atomic mass is 16.5. The van der Waals surface area contributed by atoms with Crippen molar-refractivity contribution in [3.05, 3.63) is 101 Å². The minimum atomic E-state index is -1.76. The van der Waals surface area contributed by atoms with Gasteiger partial charge in [-0.1, -0.05) is 60.7 Å². The van der Waals surface area contributed by atoms with Crippen LogP contribution in [0.2, 0.25) is 0 Å². The van der Waals surface area contributed by atoms with Crippen molar-refractivity contribution in [3.8, 4) is 23.5 Å². The first-order valence-electron chi connectivity index (χ1n) is 12.1. The van der Waals surface area contributed by atoms with Crippen molar-refractivity contribution < 1.29 is 33.6 Å². The van der Waals surface area contributed by atoms with E-state index in [1.165, 1.54) is 27.4 Å². The Labute approximate surface area is 230 Å². The summed E-state index contributed by atoms with van der Waals surface area (Å²) < 4.78 is 21.8. The fourth-order valence-corrected chi connectivity index (χ4v) is 4.32. The summed E-state index contributed by atoms with van der Waals surface area (Å²) in [7, 11) is 4.31. The van der Waals surface area contributed by atoms with Gasteiger partial charge in [-0.2, -0.15) is 9.97 Å². The number of nitrogens with zero attached hydrogens (tertiary/aromatic N) is 3. The molecular formula is C29H28N4O7. The maximum Gasteiger partial charge on any atom is 0.348 e. The van der Waals surface area contributed by atoms with Gasteiger partial charge in [0, 0.05) is 5.56 Å². The van der Waals surface area contributed by atoms with Gasteiger partial charge in [0.05, 0.1) is 21.3 Å². The zero-order chi connectivity index (χ0) is 28.7. The van der Waals surface area contributed by atoms with E-state index in [9.17, 15) is 14.7 Å². The van der Waals surface area contributed by atoms with E-state index in [1.807, 2.05) is 0 Å². The molecular weight excluding hydrogens is 516 g/mol. The molecule has 0 radical (unpaired) electrons. The number of methoxy groups -OCH3 is 3. The van der Waals surface area contributed by atoms with E-state index in [0.717, 1.165) is 0 Å². The van der Waals surface area contributed by atoms with Crippen molar-refractivity contribution in [2.75, 3.05) is 21.3 Å². The van der Waals surface area contributed by atoms with Crippen LogP contribution in [-0.2, 0) is 10.3 Å².